The molecule has 2 aromatic rings. The number of unbranched alkanes of at least 4 members (excludes halogenated alkanes) is 6. The zero-order chi connectivity index (χ0) is 41.2. The molecule has 2 aliphatic carbocycles. The van der Waals surface area contributed by atoms with E-state index in [4.69, 9.17) is 18.9 Å². The average Bonchev–Trinajstić information content (AvgIpc) is 3.24. The fraction of sp³-hybridized carbons (Fsp3) is 0.731. The molecule has 0 unspecified atom stereocenters. The molecular weight excluding hydrogens is 721 g/mol. The number of carbonyl (C=O) groups is 2. The molecule has 0 N–H and O–H groups in total. The van der Waals surface area contributed by atoms with Crippen molar-refractivity contribution in [3.05, 3.63) is 70.8 Å². The van der Waals surface area contributed by atoms with Crippen molar-refractivity contribution in [1.29, 1.82) is 0 Å². The van der Waals surface area contributed by atoms with Gasteiger partial charge in [-0.15, -0.1) is 0 Å². The molecule has 6 heteroatoms. The van der Waals surface area contributed by atoms with Crippen LogP contribution in [0, 0.1) is 23.7 Å². The lowest BCUT2D eigenvalue weighted by Crippen LogP contribution is -2.45. The summed E-state index contributed by atoms with van der Waals surface area (Å²) >= 11 is 0. The second kappa shape index (κ2) is 28.7. The number of ether oxygens (including phenoxy) is 4. The normalized spacial score (nSPS) is 20.7. The minimum absolute atomic E-state index is 0.152. The number of carbonyl (C=O) groups excluding carboxylic acids is 2. The number of benzene rings is 2. The maximum atomic E-state index is 13.2. The Labute approximate surface area is 354 Å². The highest BCUT2D eigenvalue weighted by molar-refractivity contribution is 5.85. The van der Waals surface area contributed by atoms with Gasteiger partial charge in [0, 0.05) is 0 Å². The summed E-state index contributed by atoms with van der Waals surface area (Å²) in [6.07, 6.45) is 30.0. The fourth-order valence-corrected chi connectivity index (χ4v) is 9.49. The summed E-state index contributed by atoms with van der Waals surface area (Å²) in [6.45, 7) is 8.73. The van der Waals surface area contributed by atoms with Crippen molar-refractivity contribution >= 4 is 11.9 Å². The Morgan fingerprint density at radius 1 is 0.448 bits per heavy atom. The van der Waals surface area contributed by atoms with Gasteiger partial charge in [0.15, 0.2) is 12.2 Å². The van der Waals surface area contributed by atoms with E-state index in [9.17, 15) is 9.59 Å². The van der Waals surface area contributed by atoms with Crippen LogP contribution in [-0.4, -0.2) is 37.4 Å². The SMILES string of the molecule is CCCCCC1CCC(CCCCc2ccc(CO[C@@H](C(=O)OCC)[C@@H](OCc3ccc(CCCCC4CCC(CCCCC)CC4)cc3)C(=O)OCC)cc2)CC1. The lowest BCUT2D eigenvalue weighted by molar-refractivity contribution is -0.185. The van der Waals surface area contributed by atoms with Crippen molar-refractivity contribution in [1.82, 2.24) is 0 Å². The van der Waals surface area contributed by atoms with E-state index in [-0.39, 0.29) is 26.4 Å². The highest BCUT2D eigenvalue weighted by Crippen LogP contribution is 2.36. The molecule has 2 aliphatic rings. The lowest BCUT2D eigenvalue weighted by atomic mass is 9.78. The quantitative estimate of drug-likeness (QED) is 0.0603. The molecule has 0 heterocycles. The fourth-order valence-electron chi connectivity index (χ4n) is 9.49. The van der Waals surface area contributed by atoms with Gasteiger partial charge in [-0.2, -0.15) is 0 Å². The van der Waals surface area contributed by atoms with Gasteiger partial charge >= 0.3 is 11.9 Å². The van der Waals surface area contributed by atoms with Gasteiger partial charge in [0.1, 0.15) is 0 Å². The van der Waals surface area contributed by atoms with E-state index in [2.05, 4.69) is 62.4 Å². The van der Waals surface area contributed by atoms with Gasteiger partial charge in [-0.3, -0.25) is 0 Å². The monoisotopic (exact) mass is 803 g/mol. The third-order valence-electron chi connectivity index (χ3n) is 13.2. The molecule has 0 radical (unpaired) electrons. The summed E-state index contributed by atoms with van der Waals surface area (Å²) in [6, 6.07) is 16.8. The van der Waals surface area contributed by atoms with E-state index in [0.717, 1.165) is 47.6 Å². The Morgan fingerprint density at radius 2 is 0.741 bits per heavy atom. The third-order valence-corrected chi connectivity index (χ3v) is 13.2. The molecule has 0 spiro atoms. The highest BCUT2D eigenvalue weighted by atomic mass is 16.6. The predicted octanol–water partition coefficient (Wildman–Crippen LogP) is 13.5. The summed E-state index contributed by atoms with van der Waals surface area (Å²) in [5, 5.41) is 0. The van der Waals surface area contributed by atoms with Gasteiger partial charge in [-0.05, 0) is 85.5 Å². The van der Waals surface area contributed by atoms with Crippen LogP contribution in [0.4, 0.5) is 0 Å². The topological polar surface area (TPSA) is 71.1 Å². The predicted molar refractivity (Wildman–Crippen MR) is 238 cm³/mol. The first-order valence-corrected chi connectivity index (χ1v) is 24.1. The van der Waals surface area contributed by atoms with Crippen molar-refractivity contribution in [3.63, 3.8) is 0 Å². The van der Waals surface area contributed by atoms with Crippen LogP contribution in [0.2, 0.25) is 0 Å². The van der Waals surface area contributed by atoms with E-state index < -0.39 is 24.1 Å². The van der Waals surface area contributed by atoms with Crippen LogP contribution in [0.1, 0.15) is 191 Å². The lowest BCUT2D eigenvalue weighted by Gasteiger charge is -2.28. The Balaban J connectivity index is 1.19. The van der Waals surface area contributed by atoms with Crippen LogP contribution in [0.3, 0.4) is 0 Å². The molecule has 0 amide bonds. The van der Waals surface area contributed by atoms with Crippen molar-refractivity contribution in [2.24, 2.45) is 23.7 Å². The smallest absolute Gasteiger partial charge is 0.338 e. The minimum atomic E-state index is -1.25. The Bertz CT molecular complexity index is 1250. The van der Waals surface area contributed by atoms with Crippen LogP contribution < -0.4 is 0 Å². The first-order chi connectivity index (χ1) is 28.4. The van der Waals surface area contributed by atoms with Gasteiger partial charge < -0.3 is 18.9 Å². The van der Waals surface area contributed by atoms with E-state index in [0.29, 0.717) is 0 Å². The number of rotatable bonds is 29. The van der Waals surface area contributed by atoms with Gasteiger partial charge in [-0.1, -0.05) is 191 Å². The molecule has 0 aromatic heterocycles. The first-order valence-electron chi connectivity index (χ1n) is 24.1. The standard InChI is InChI=1S/C52H82O6/c1-5-9-11-17-41-23-27-43(28-24-41)19-13-15-21-45-31-35-47(36-32-45)39-57-49(51(53)55-7-3)50(52(54)56-8-4)58-40-48-37-33-46(34-38-48)22-16-14-20-44-29-25-42(26-30-44)18-12-10-6-2/h31-38,41-44,49-50H,5-30,39-40H2,1-4H3/t41?,42?,43?,44?,49-,50-/m1/s1. The van der Waals surface area contributed by atoms with Crippen molar-refractivity contribution in [2.45, 2.75) is 207 Å². The number of aryl methyl sites for hydroxylation is 2. The van der Waals surface area contributed by atoms with Gasteiger partial charge in [0.25, 0.3) is 0 Å². The maximum Gasteiger partial charge on any atom is 0.338 e. The van der Waals surface area contributed by atoms with Crippen LogP contribution >= 0.6 is 0 Å². The largest absolute Gasteiger partial charge is 0.464 e. The average molecular weight is 803 g/mol. The number of hydrogen-bond donors (Lipinski definition) is 0. The molecule has 6 nitrogen and oxygen atoms in total. The molecule has 58 heavy (non-hydrogen) atoms. The summed E-state index contributed by atoms with van der Waals surface area (Å²) in [5.74, 6) is 2.54. The highest BCUT2D eigenvalue weighted by Gasteiger charge is 2.38. The summed E-state index contributed by atoms with van der Waals surface area (Å²) in [5.41, 5.74) is 4.48. The van der Waals surface area contributed by atoms with Crippen LogP contribution in [0.5, 0.6) is 0 Å². The second-order valence-corrected chi connectivity index (χ2v) is 17.9. The van der Waals surface area contributed by atoms with E-state index in [1.807, 2.05) is 0 Å². The van der Waals surface area contributed by atoms with Crippen LogP contribution in [0.25, 0.3) is 0 Å². The Morgan fingerprint density at radius 3 is 1.03 bits per heavy atom. The van der Waals surface area contributed by atoms with Crippen molar-refractivity contribution < 1.29 is 28.5 Å². The van der Waals surface area contributed by atoms with Crippen LogP contribution in [-0.2, 0) is 54.6 Å². The van der Waals surface area contributed by atoms with Crippen molar-refractivity contribution in [2.75, 3.05) is 13.2 Å². The Kier molecular flexibility index (Phi) is 23.7. The summed E-state index contributed by atoms with van der Waals surface area (Å²) < 4.78 is 23.0. The van der Waals surface area contributed by atoms with Crippen molar-refractivity contribution in [3.8, 4) is 0 Å². The molecule has 0 aliphatic heterocycles. The van der Waals surface area contributed by atoms with Gasteiger partial charge in [-0.25, -0.2) is 9.59 Å². The zero-order valence-electron chi connectivity index (χ0n) is 37.3. The zero-order valence-corrected chi connectivity index (χ0v) is 37.3. The molecule has 2 saturated carbocycles. The van der Waals surface area contributed by atoms with Gasteiger partial charge in [0.2, 0.25) is 0 Å². The molecular formula is C52H82O6. The minimum Gasteiger partial charge on any atom is -0.464 e. The molecule has 2 fully saturated rings. The molecule has 326 valence electrons. The molecule has 2 atom stereocenters. The van der Waals surface area contributed by atoms with Gasteiger partial charge in [0.05, 0.1) is 26.4 Å². The van der Waals surface area contributed by atoms with E-state index in [1.54, 1.807) is 13.8 Å². The molecule has 0 saturated heterocycles. The first kappa shape index (κ1) is 48.0. The molecule has 2 aromatic carbocycles. The Hall–Kier alpha value is -2.70. The number of hydrogen-bond acceptors (Lipinski definition) is 6. The molecule has 4 rings (SSSR count). The van der Waals surface area contributed by atoms with E-state index in [1.165, 1.54) is 152 Å². The second-order valence-electron chi connectivity index (χ2n) is 17.9. The molecule has 0 bridgehead atoms. The van der Waals surface area contributed by atoms with E-state index >= 15 is 0 Å². The van der Waals surface area contributed by atoms with Crippen LogP contribution in [0.15, 0.2) is 48.5 Å². The number of esters is 2. The summed E-state index contributed by atoms with van der Waals surface area (Å²) in [4.78, 5) is 26.4. The maximum absolute atomic E-state index is 13.2. The summed E-state index contributed by atoms with van der Waals surface area (Å²) in [7, 11) is 0. The third kappa shape index (κ3) is 18.3.